The summed E-state index contributed by atoms with van der Waals surface area (Å²) < 4.78 is 49.2. The maximum Gasteiger partial charge on any atom is 0.136 e. The molecule has 0 saturated heterocycles. The van der Waals surface area contributed by atoms with Crippen molar-refractivity contribution in [3.05, 3.63) is 145 Å². The Morgan fingerprint density at radius 2 is 0.974 bits per heavy atom. The van der Waals surface area contributed by atoms with Crippen LogP contribution >= 0.6 is 0 Å². The number of hydrogen-bond acceptors (Lipinski definition) is 1. The van der Waals surface area contributed by atoms with Crippen LogP contribution in [0.2, 0.25) is 0 Å². The summed E-state index contributed by atoms with van der Waals surface area (Å²) >= 11 is 0. The van der Waals surface area contributed by atoms with E-state index in [0.717, 1.165) is 65.7 Å². The van der Waals surface area contributed by atoms with Crippen molar-refractivity contribution in [2.24, 2.45) is 0 Å². The molecule has 0 aliphatic rings. The summed E-state index contributed by atoms with van der Waals surface area (Å²) in [5, 5.41) is 5.48. The zero-order valence-corrected chi connectivity index (χ0v) is 20.9. The molecule has 0 unspecified atom stereocenters. The molecule has 7 aromatic carbocycles. The molecule has 8 aromatic rings. The van der Waals surface area contributed by atoms with Gasteiger partial charge in [0.1, 0.15) is 11.2 Å². The summed E-state index contributed by atoms with van der Waals surface area (Å²) in [6.07, 6.45) is 0. The van der Waals surface area contributed by atoms with Gasteiger partial charge in [-0.05, 0) is 61.5 Å². The summed E-state index contributed by atoms with van der Waals surface area (Å²) in [5.74, 6) is 0. The lowest BCUT2D eigenvalue weighted by molar-refractivity contribution is 0.669. The first-order chi connectivity index (χ1) is 21.5. The van der Waals surface area contributed by atoms with E-state index in [1.165, 1.54) is 0 Å². The molecule has 0 spiro atoms. The van der Waals surface area contributed by atoms with E-state index >= 15 is 0 Å². The maximum atomic E-state index is 8.88. The standard InChI is InChI=1S/C38H24O/c1-3-13-25(14-4-1)27-23-24-34-37(32-21-11-12-22-33(32)39-34)38(27)36-30-19-9-7-17-28(30)35(26-15-5-2-6-16-26)29-18-8-10-20-31(29)36/h1-24H/i2D,5D,6D,15D,16D. The highest BCUT2D eigenvalue weighted by Crippen LogP contribution is 2.49. The molecule has 0 aliphatic heterocycles. The predicted octanol–water partition coefficient (Wildman–Crippen LogP) is 10.9. The van der Waals surface area contributed by atoms with Gasteiger partial charge in [0.25, 0.3) is 0 Å². The molecule has 0 N–H and O–H groups in total. The zero-order chi connectivity index (χ0) is 30.1. The van der Waals surface area contributed by atoms with Crippen LogP contribution in [0.4, 0.5) is 0 Å². The number of furan rings is 1. The van der Waals surface area contributed by atoms with Crippen LogP contribution in [0.3, 0.4) is 0 Å². The fourth-order valence-corrected chi connectivity index (χ4v) is 5.98. The minimum Gasteiger partial charge on any atom is -0.456 e. The molecule has 8 rings (SSSR count). The highest BCUT2D eigenvalue weighted by molar-refractivity contribution is 6.27. The van der Waals surface area contributed by atoms with Crippen molar-refractivity contribution in [1.82, 2.24) is 0 Å². The molecule has 1 heterocycles. The van der Waals surface area contributed by atoms with Gasteiger partial charge in [0.2, 0.25) is 0 Å². The van der Waals surface area contributed by atoms with Crippen molar-refractivity contribution in [3.8, 4) is 33.4 Å². The molecule has 182 valence electrons. The fourth-order valence-electron chi connectivity index (χ4n) is 5.98. The van der Waals surface area contributed by atoms with Crippen LogP contribution in [0, 0.1) is 0 Å². The lowest BCUT2D eigenvalue weighted by Crippen LogP contribution is -1.93. The number of fused-ring (bicyclic) bond motifs is 5. The van der Waals surface area contributed by atoms with E-state index in [0.29, 0.717) is 5.56 Å². The Balaban J connectivity index is 1.63. The summed E-state index contributed by atoms with van der Waals surface area (Å²) in [5.41, 5.74) is 6.56. The quantitative estimate of drug-likeness (QED) is 0.219. The monoisotopic (exact) mass is 501 g/mol. The van der Waals surface area contributed by atoms with Crippen molar-refractivity contribution in [2.75, 3.05) is 0 Å². The van der Waals surface area contributed by atoms with E-state index in [1.807, 2.05) is 78.9 Å². The molecule has 0 amide bonds. The smallest absolute Gasteiger partial charge is 0.136 e. The van der Waals surface area contributed by atoms with Gasteiger partial charge in [-0.1, -0.05) is 133 Å². The van der Waals surface area contributed by atoms with Crippen LogP contribution in [-0.4, -0.2) is 0 Å². The van der Waals surface area contributed by atoms with Crippen LogP contribution in [0.5, 0.6) is 0 Å². The van der Waals surface area contributed by atoms with E-state index in [1.54, 1.807) is 0 Å². The third-order valence-electron chi connectivity index (χ3n) is 7.56. The van der Waals surface area contributed by atoms with Crippen molar-refractivity contribution in [3.63, 3.8) is 0 Å². The van der Waals surface area contributed by atoms with E-state index in [-0.39, 0.29) is 29.7 Å². The number of rotatable bonds is 3. The van der Waals surface area contributed by atoms with E-state index in [4.69, 9.17) is 11.3 Å². The summed E-state index contributed by atoms with van der Waals surface area (Å²) in [6, 6.07) is 36.9. The number of para-hydroxylation sites is 1. The van der Waals surface area contributed by atoms with Gasteiger partial charge in [-0.25, -0.2) is 0 Å². The van der Waals surface area contributed by atoms with Crippen molar-refractivity contribution in [1.29, 1.82) is 0 Å². The van der Waals surface area contributed by atoms with Gasteiger partial charge in [0.15, 0.2) is 0 Å². The molecule has 0 radical (unpaired) electrons. The highest BCUT2D eigenvalue weighted by Gasteiger charge is 2.23. The van der Waals surface area contributed by atoms with Crippen LogP contribution in [0.1, 0.15) is 6.85 Å². The number of hydrogen-bond donors (Lipinski definition) is 0. The highest BCUT2D eigenvalue weighted by atomic mass is 16.3. The summed E-state index contributed by atoms with van der Waals surface area (Å²) in [4.78, 5) is 0. The lowest BCUT2D eigenvalue weighted by Gasteiger charge is -2.20. The SMILES string of the molecule is [2H]c1c([2H])c([2H])c(-c2c3ccccc3c(-c3c(-c4ccccc4)ccc4oc5ccccc5c34)c3ccccc23)c([2H])c1[2H]. The molecular formula is C38H24O. The van der Waals surface area contributed by atoms with Gasteiger partial charge in [0.05, 0.1) is 6.85 Å². The minimum atomic E-state index is -0.403. The summed E-state index contributed by atoms with van der Waals surface area (Å²) in [7, 11) is 0. The first kappa shape index (κ1) is 17.4. The average Bonchev–Trinajstić information content (AvgIpc) is 3.45. The first-order valence-corrected chi connectivity index (χ1v) is 13.0. The third kappa shape index (κ3) is 3.34. The second-order valence-electron chi connectivity index (χ2n) is 9.67. The van der Waals surface area contributed by atoms with Gasteiger partial charge in [-0.2, -0.15) is 0 Å². The third-order valence-corrected chi connectivity index (χ3v) is 7.56. The van der Waals surface area contributed by atoms with E-state index in [2.05, 4.69) is 36.4 Å². The molecular weight excluding hydrogens is 472 g/mol. The average molecular weight is 502 g/mol. The lowest BCUT2D eigenvalue weighted by atomic mass is 9.82. The van der Waals surface area contributed by atoms with E-state index in [9.17, 15) is 0 Å². The molecule has 1 aromatic heterocycles. The van der Waals surface area contributed by atoms with Crippen LogP contribution in [-0.2, 0) is 0 Å². The molecule has 0 aliphatic carbocycles. The zero-order valence-electron chi connectivity index (χ0n) is 25.9. The molecule has 39 heavy (non-hydrogen) atoms. The van der Waals surface area contributed by atoms with Crippen molar-refractivity contribution >= 4 is 43.5 Å². The fraction of sp³-hybridized carbons (Fsp3) is 0. The molecule has 0 saturated carbocycles. The molecule has 1 nitrogen and oxygen atoms in total. The van der Waals surface area contributed by atoms with Crippen molar-refractivity contribution < 1.29 is 11.3 Å². The Labute approximate surface area is 233 Å². The Bertz CT molecular complexity index is 2360. The van der Waals surface area contributed by atoms with Gasteiger partial charge in [-0.3, -0.25) is 0 Å². The van der Waals surface area contributed by atoms with Crippen LogP contribution in [0.25, 0.3) is 76.9 Å². The van der Waals surface area contributed by atoms with Gasteiger partial charge >= 0.3 is 0 Å². The molecule has 0 atom stereocenters. The van der Waals surface area contributed by atoms with Crippen molar-refractivity contribution in [2.45, 2.75) is 0 Å². The number of benzene rings is 7. The second kappa shape index (κ2) is 8.72. The Morgan fingerprint density at radius 3 is 1.64 bits per heavy atom. The minimum absolute atomic E-state index is 0.199. The van der Waals surface area contributed by atoms with Gasteiger partial charge in [-0.15, -0.1) is 0 Å². The van der Waals surface area contributed by atoms with Crippen LogP contribution < -0.4 is 0 Å². The largest absolute Gasteiger partial charge is 0.456 e. The Hall–Kier alpha value is -5.14. The molecule has 1 heteroatoms. The molecule has 0 bridgehead atoms. The Morgan fingerprint density at radius 1 is 0.410 bits per heavy atom. The predicted molar refractivity (Wildman–Crippen MR) is 165 cm³/mol. The molecule has 0 fully saturated rings. The first-order valence-electron chi connectivity index (χ1n) is 15.5. The van der Waals surface area contributed by atoms with Gasteiger partial charge < -0.3 is 4.42 Å². The topological polar surface area (TPSA) is 13.1 Å². The second-order valence-corrected chi connectivity index (χ2v) is 9.67. The van der Waals surface area contributed by atoms with E-state index < -0.39 is 6.04 Å². The summed E-state index contributed by atoms with van der Waals surface area (Å²) in [6.45, 7) is 0. The normalized spacial score (nSPS) is 13.4. The maximum absolute atomic E-state index is 8.88. The van der Waals surface area contributed by atoms with Crippen LogP contribution in [0.15, 0.2) is 150 Å². The van der Waals surface area contributed by atoms with Gasteiger partial charge in [0, 0.05) is 16.3 Å². The Kier molecular flexibility index (Phi) is 3.89.